The van der Waals surface area contributed by atoms with E-state index in [0.29, 0.717) is 5.69 Å². The Labute approximate surface area is 87.1 Å². The Morgan fingerprint density at radius 2 is 2.33 bits per heavy atom. The Morgan fingerprint density at radius 1 is 1.67 bits per heavy atom. The lowest BCUT2D eigenvalue weighted by Gasteiger charge is -2.06. The predicted octanol–water partition coefficient (Wildman–Crippen LogP) is -0.206. The highest BCUT2D eigenvalue weighted by atomic mass is 16.3. The molecular formula is C10H14N2O3. The highest BCUT2D eigenvalue weighted by Crippen LogP contribution is 1.92. The van der Waals surface area contributed by atoms with Crippen LogP contribution in [0.4, 0.5) is 0 Å². The number of pyridine rings is 1. The van der Waals surface area contributed by atoms with Gasteiger partial charge in [0.25, 0.3) is 5.91 Å². The number of amides is 1. The molecule has 0 saturated heterocycles. The number of aromatic amines is 1. The Hall–Kier alpha value is -1.62. The van der Waals surface area contributed by atoms with Gasteiger partial charge >= 0.3 is 0 Å². The van der Waals surface area contributed by atoms with Crippen molar-refractivity contribution in [3.8, 4) is 0 Å². The van der Waals surface area contributed by atoms with Crippen LogP contribution in [0, 0.1) is 6.92 Å². The number of rotatable bonds is 3. The van der Waals surface area contributed by atoms with E-state index in [0.717, 1.165) is 0 Å². The van der Waals surface area contributed by atoms with E-state index < -0.39 is 12.0 Å². The maximum Gasteiger partial charge on any atom is 0.256 e. The van der Waals surface area contributed by atoms with E-state index in [-0.39, 0.29) is 17.5 Å². The van der Waals surface area contributed by atoms with Crippen LogP contribution in [0.2, 0.25) is 0 Å². The Bertz CT molecular complexity index is 409. The molecule has 1 rings (SSSR count). The highest BCUT2D eigenvalue weighted by molar-refractivity contribution is 5.93. The molecule has 1 atom stereocenters. The van der Waals surface area contributed by atoms with Crippen molar-refractivity contribution in [1.82, 2.24) is 10.3 Å². The van der Waals surface area contributed by atoms with Gasteiger partial charge in [-0.1, -0.05) is 0 Å². The van der Waals surface area contributed by atoms with Crippen molar-refractivity contribution in [2.24, 2.45) is 0 Å². The average Bonchev–Trinajstić information content (AvgIpc) is 2.14. The maximum absolute atomic E-state index is 11.4. The molecule has 1 heterocycles. The minimum absolute atomic E-state index is 0.0567. The van der Waals surface area contributed by atoms with Gasteiger partial charge in [0.2, 0.25) is 0 Å². The molecule has 0 fully saturated rings. The molecule has 1 unspecified atom stereocenters. The topological polar surface area (TPSA) is 82.2 Å². The summed E-state index contributed by atoms with van der Waals surface area (Å²) < 4.78 is 0. The van der Waals surface area contributed by atoms with Gasteiger partial charge in [0.1, 0.15) is 5.56 Å². The number of aryl methyl sites for hydroxylation is 1. The Balaban J connectivity index is 2.79. The number of aliphatic hydroxyl groups excluding tert-OH is 1. The summed E-state index contributed by atoms with van der Waals surface area (Å²) >= 11 is 0. The number of aliphatic hydroxyl groups is 1. The fourth-order valence-corrected chi connectivity index (χ4v) is 1.09. The van der Waals surface area contributed by atoms with Gasteiger partial charge in [-0.3, -0.25) is 9.59 Å². The predicted molar refractivity (Wildman–Crippen MR) is 55.8 cm³/mol. The first-order chi connectivity index (χ1) is 7.00. The standard InChI is InChI=1S/C10H14N2O3/c1-6-3-9(14)8(5-11-6)10(15)12-4-7(2)13/h3,5,7,13H,4H2,1-2H3,(H,11,14)(H,12,15). The van der Waals surface area contributed by atoms with E-state index in [1.165, 1.54) is 12.3 Å². The summed E-state index contributed by atoms with van der Waals surface area (Å²) in [5.74, 6) is -0.475. The minimum Gasteiger partial charge on any atom is -0.392 e. The lowest BCUT2D eigenvalue weighted by Crippen LogP contribution is -2.33. The van der Waals surface area contributed by atoms with Gasteiger partial charge in [-0.2, -0.15) is 0 Å². The van der Waals surface area contributed by atoms with E-state index >= 15 is 0 Å². The van der Waals surface area contributed by atoms with Gasteiger partial charge < -0.3 is 15.4 Å². The molecule has 15 heavy (non-hydrogen) atoms. The molecule has 0 aliphatic carbocycles. The molecule has 1 aromatic rings. The van der Waals surface area contributed by atoms with Gasteiger partial charge in [0.05, 0.1) is 6.10 Å². The first-order valence-electron chi connectivity index (χ1n) is 4.66. The summed E-state index contributed by atoms with van der Waals surface area (Å²) in [5.41, 5.74) is 0.433. The largest absolute Gasteiger partial charge is 0.392 e. The second kappa shape index (κ2) is 4.75. The molecule has 0 aromatic carbocycles. The van der Waals surface area contributed by atoms with Crippen molar-refractivity contribution >= 4 is 5.91 Å². The zero-order valence-corrected chi connectivity index (χ0v) is 8.70. The van der Waals surface area contributed by atoms with Crippen LogP contribution < -0.4 is 10.7 Å². The molecule has 0 aliphatic heterocycles. The smallest absolute Gasteiger partial charge is 0.256 e. The molecule has 5 nitrogen and oxygen atoms in total. The van der Waals surface area contributed by atoms with Crippen LogP contribution in [0.3, 0.4) is 0 Å². The van der Waals surface area contributed by atoms with E-state index in [4.69, 9.17) is 5.11 Å². The molecule has 1 amide bonds. The quantitative estimate of drug-likeness (QED) is 0.645. The number of H-pyrrole nitrogens is 1. The van der Waals surface area contributed by atoms with Crippen molar-refractivity contribution < 1.29 is 9.90 Å². The van der Waals surface area contributed by atoms with Crippen LogP contribution in [0.5, 0.6) is 0 Å². The first kappa shape index (κ1) is 11.5. The summed E-state index contributed by atoms with van der Waals surface area (Å²) in [4.78, 5) is 25.6. The van der Waals surface area contributed by atoms with E-state index in [9.17, 15) is 9.59 Å². The molecule has 1 aromatic heterocycles. The second-order valence-electron chi connectivity index (χ2n) is 3.45. The van der Waals surface area contributed by atoms with Crippen LogP contribution in [0.1, 0.15) is 23.0 Å². The lowest BCUT2D eigenvalue weighted by atomic mass is 10.2. The number of hydrogen-bond acceptors (Lipinski definition) is 3. The lowest BCUT2D eigenvalue weighted by molar-refractivity contribution is 0.0922. The molecule has 0 radical (unpaired) electrons. The van der Waals surface area contributed by atoms with Crippen LogP contribution in [0.15, 0.2) is 17.1 Å². The number of nitrogens with one attached hydrogen (secondary N) is 2. The summed E-state index contributed by atoms with van der Waals surface area (Å²) in [6.45, 7) is 3.42. The third-order valence-electron chi connectivity index (χ3n) is 1.86. The number of carbonyl (C=O) groups is 1. The van der Waals surface area contributed by atoms with Crippen molar-refractivity contribution in [3.05, 3.63) is 33.7 Å². The number of carbonyl (C=O) groups excluding carboxylic acids is 1. The monoisotopic (exact) mass is 210 g/mol. The highest BCUT2D eigenvalue weighted by Gasteiger charge is 2.10. The van der Waals surface area contributed by atoms with Gasteiger partial charge in [-0.15, -0.1) is 0 Å². The summed E-state index contributed by atoms with van der Waals surface area (Å²) in [6, 6.07) is 1.36. The number of aromatic nitrogens is 1. The molecule has 5 heteroatoms. The van der Waals surface area contributed by atoms with Crippen molar-refractivity contribution in [3.63, 3.8) is 0 Å². The zero-order chi connectivity index (χ0) is 11.4. The summed E-state index contributed by atoms with van der Waals surface area (Å²) in [7, 11) is 0. The molecule has 0 spiro atoms. The van der Waals surface area contributed by atoms with E-state index in [2.05, 4.69) is 10.3 Å². The average molecular weight is 210 g/mol. The van der Waals surface area contributed by atoms with Crippen molar-refractivity contribution in [2.45, 2.75) is 20.0 Å². The molecule has 0 saturated carbocycles. The van der Waals surface area contributed by atoms with Gasteiger partial charge in [0, 0.05) is 24.5 Å². The minimum atomic E-state index is -0.626. The molecule has 0 bridgehead atoms. The third-order valence-corrected chi connectivity index (χ3v) is 1.86. The van der Waals surface area contributed by atoms with E-state index in [1.807, 2.05) is 0 Å². The Morgan fingerprint density at radius 3 is 2.87 bits per heavy atom. The maximum atomic E-state index is 11.4. The van der Waals surface area contributed by atoms with Crippen LogP contribution in [-0.4, -0.2) is 28.6 Å². The normalized spacial score (nSPS) is 12.2. The SMILES string of the molecule is Cc1cc(=O)c(C(=O)NCC(C)O)c[nH]1. The van der Waals surface area contributed by atoms with Crippen molar-refractivity contribution in [1.29, 1.82) is 0 Å². The number of hydrogen-bond donors (Lipinski definition) is 3. The van der Waals surface area contributed by atoms with Crippen LogP contribution >= 0.6 is 0 Å². The fourth-order valence-electron chi connectivity index (χ4n) is 1.09. The summed E-state index contributed by atoms with van der Waals surface area (Å²) in [6.07, 6.45) is 0.744. The zero-order valence-electron chi connectivity index (χ0n) is 8.70. The Kier molecular flexibility index (Phi) is 3.62. The molecule has 0 aliphatic rings. The van der Waals surface area contributed by atoms with E-state index in [1.54, 1.807) is 13.8 Å². The van der Waals surface area contributed by atoms with Gasteiger partial charge in [-0.05, 0) is 13.8 Å². The molecule has 82 valence electrons. The van der Waals surface area contributed by atoms with Crippen LogP contribution in [-0.2, 0) is 0 Å². The summed E-state index contributed by atoms with van der Waals surface area (Å²) in [5, 5.41) is 11.4. The first-order valence-corrected chi connectivity index (χ1v) is 4.66. The molecular weight excluding hydrogens is 196 g/mol. The second-order valence-corrected chi connectivity index (χ2v) is 3.45. The third kappa shape index (κ3) is 3.21. The fraction of sp³-hybridized carbons (Fsp3) is 0.400. The molecule has 3 N–H and O–H groups in total. The van der Waals surface area contributed by atoms with Crippen molar-refractivity contribution in [2.75, 3.05) is 6.54 Å². The van der Waals surface area contributed by atoms with Gasteiger partial charge in [0.15, 0.2) is 5.43 Å². The van der Waals surface area contributed by atoms with Gasteiger partial charge in [-0.25, -0.2) is 0 Å². The van der Waals surface area contributed by atoms with Crippen LogP contribution in [0.25, 0.3) is 0 Å².